The smallest absolute Gasteiger partial charge is 0.332 e. The summed E-state index contributed by atoms with van der Waals surface area (Å²) in [6.07, 6.45) is 1.54. The Hall–Kier alpha value is -1.03. The van der Waals surface area contributed by atoms with Gasteiger partial charge in [-0.2, -0.15) is 0 Å². The Balaban J connectivity index is 2.44. The number of hydrogen-bond donors (Lipinski definition) is 0. The molecule has 1 rings (SSSR count). The fraction of sp³-hybridized carbons (Fsp3) is 0.700. The van der Waals surface area contributed by atoms with E-state index < -0.39 is 0 Å². The molecule has 1 fully saturated rings. The van der Waals surface area contributed by atoms with Crippen molar-refractivity contribution in [1.82, 2.24) is 4.90 Å². The molecule has 0 radical (unpaired) electrons. The van der Waals surface area contributed by atoms with Crippen LogP contribution in [-0.2, 0) is 14.3 Å². The summed E-state index contributed by atoms with van der Waals surface area (Å²) in [6.45, 7) is 7.30. The van der Waals surface area contributed by atoms with Gasteiger partial charge in [0.2, 0.25) is 0 Å². The molecule has 4 heteroatoms. The van der Waals surface area contributed by atoms with Gasteiger partial charge in [0.1, 0.15) is 0 Å². The topological polar surface area (TPSA) is 38.8 Å². The summed E-state index contributed by atoms with van der Waals surface area (Å²) in [5.41, 5.74) is 0.951. The molecule has 0 atom stereocenters. The molecule has 1 aliphatic rings. The number of morpholine rings is 1. The molecule has 0 saturated carbocycles. The van der Waals surface area contributed by atoms with Crippen LogP contribution in [0.5, 0.6) is 0 Å². The van der Waals surface area contributed by atoms with Crippen LogP contribution in [0.3, 0.4) is 0 Å². The second-order valence-electron chi connectivity index (χ2n) is 3.14. The molecule has 4 nitrogen and oxygen atoms in total. The van der Waals surface area contributed by atoms with E-state index in [1.165, 1.54) is 6.08 Å². The van der Waals surface area contributed by atoms with E-state index in [0.29, 0.717) is 6.61 Å². The Labute approximate surface area is 84.5 Å². The van der Waals surface area contributed by atoms with Gasteiger partial charge in [0.05, 0.1) is 19.8 Å². The van der Waals surface area contributed by atoms with Crippen LogP contribution in [0.25, 0.3) is 0 Å². The van der Waals surface area contributed by atoms with E-state index in [-0.39, 0.29) is 5.97 Å². The van der Waals surface area contributed by atoms with Crippen molar-refractivity contribution in [3.8, 4) is 0 Å². The van der Waals surface area contributed by atoms with Crippen LogP contribution in [0.15, 0.2) is 11.8 Å². The second kappa shape index (κ2) is 5.65. The molecule has 14 heavy (non-hydrogen) atoms. The van der Waals surface area contributed by atoms with Crippen molar-refractivity contribution < 1.29 is 14.3 Å². The molecule has 0 aromatic rings. The van der Waals surface area contributed by atoms with Gasteiger partial charge in [0.25, 0.3) is 0 Å². The molecule has 0 N–H and O–H groups in total. The van der Waals surface area contributed by atoms with E-state index in [1.807, 2.05) is 6.92 Å². The van der Waals surface area contributed by atoms with Crippen LogP contribution in [0.4, 0.5) is 0 Å². The summed E-state index contributed by atoms with van der Waals surface area (Å²) in [5.74, 6) is -0.267. The van der Waals surface area contributed by atoms with Gasteiger partial charge in [-0.1, -0.05) is 0 Å². The molecule has 80 valence electrons. The quantitative estimate of drug-likeness (QED) is 0.497. The fourth-order valence-corrected chi connectivity index (χ4v) is 1.36. The summed E-state index contributed by atoms with van der Waals surface area (Å²) in [6, 6.07) is 0. The molecule has 0 aromatic heterocycles. The third-order valence-electron chi connectivity index (χ3n) is 2.12. The van der Waals surface area contributed by atoms with Gasteiger partial charge in [-0.25, -0.2) is 4.79 Å². The highest BCUT2D eigenvalue weighted by molar-refractivity contribution is 5.82. The molecule has 1 heterocycles. The Bertz CT molecular complexity index is 219. The maximum atomic E-state index is 11.1. The van der Waals surface area contributed by atoms with Crippen LogP contribution < -0.4 is 0 Å². The first kappa shape index (κ1) is 11.0. The zero-order valence-corrected chi connectivity index (χ0v) is 8.78. The van der Waals surface area contributed by atoms with Gasteiger partial charge < -0.3 is 14.4 Å². The van der Waals surface area contributed by atoms with Crippen molar-refractivity contribution in [3.05, 3.63) is 11.8 Å². The first-order valence-electron chi connectivity index (χ1n) is 4.91. The van der Waals surface area contributed by atoms with E-state index in [0.717, 1.165) is 32.0 Å². The zero-order valence-electron chi connectivity index (χ0n) is 8.78. The van der Waals surface area contributed by atoms with Crippen molar-refractivity contribution in [1.29, 1.82) is 0 Å². The molecule has 0 aliphatic carbocycles. The number of allylic oxidation sites excluding steroid dienone is 1. The van der Waals surface area contributed by atoms with Crippen molar-refractivity contribution in [2.75, 3.05) is 32.9 Å². The summed E-state index contributed by atoms with van der Waals surface area (Å²) >= 11 is 0. The van der Waals surface area contributed by atoms with Crippen molar-refractivity contribution in [3.63, 3.8) is 0 Å². The first-order valence-corrected chi connectivity index (χ1v) is 4.91. The van der Waals surface area contributed by atoms with E-state index in [2.05, 4.69) is 4.90 Å². The highest BCUT2D eigenvalue weighted by Gasteiger charge is 2.11. The maximum Gasteiger partial charge on any atom is 0.332 e. The average molecular weight is 199 g/mol. The molecule has 0 amide bonds. The van der Waals surface area contributed by atoms with Crippen molar-refractivity contribution in [2.24, 2.45) is 0 Å². The van der Waals surface area contributed by atoms with E-state index in [1.54, 1.807) is 6.92 Å². The normalized spacial score (nSPS) is 18.1. The number of hydrogen-bond acceptors (Lipinski definition) is 4. The molecule has 1 aliphatic heterocycles. The van der Waals surface area contributed by atoms with Gasteiger partial charge >= 0.3 is 5.97 Å². The maximum absolute atomic E-state index is 11.1. The van der Waals surface area contributed by atoms with Gasteiger partial charge in [0, 0.05) is 24.9 Å². The lowest BCUT2D eigenvalue weighted by Crippen LogP contribution is -2.35. The Kier molecular flexibility index (Phi) is 4.46. The van der Waals surface area contributed by atoms with Crippen LogP contribution in [-0.4, -0.2) is 43.8 Å². The van der Waals surface area contributed by atoms with Crippen molar-refractivity contribution >= 4 is 5.97 Å². The number of nitrogens with zero attached hydrogens (tertiary/aromatic N) is 1. The number of esters is 1. The molecular formula is C10H17NO3. The van der Waals surface area contributed by atoms with Crippen LogP contribution in [0.2, 0.25) is 0 Å². The summed E-state index contributed by atoms with van der Waals surface area (Å²) < 4.78 is 10.0. The highest BCUT2D eigenvalue weighted by atomic mass is 16.5. The molecule has 0 unspecified atom stereocenters. The monoisotopic (exact) mass is 199 g/mol. The van der Waals surface area contributed by atoms with Crippen LogP contribution in [0.1, 0.15) is 13.8 Å². The van der Waals surface area contributed by atoms with Gasteiger partial charge in [-0.3, -0.25) is 0 Å². The standard InChI is InChI=1S/C10H17NO3/c1-3-14-10(12)8-9(2)11-4-6-13-7-5-11/h8H,3-7H2,1-2H3. The Morgan fingerprint density at radius 1 is 1.50 bits per heavy atom. The molecule has 0 bridgehead atoms. The lowest BCUT2D eigenvalue weighted by Gasteiger charge is -2.29. The van der Waals surface area contributed by atoms with E-state index in [9.17, 15) is 4.79 Å². The third kappa shape index (κ3) is 3.38. The fourth-order valence-electron chi connectivity index (χ4n) is 1.36. The number of ether oxygens (including phenoxy) is 2. The first-order chi connectivity index (χ1) is 6.74. The lowest BCUT2D eigenvalue weighted by atomic mass is 10.3. The largest absolute Gasteiger partial charge is 0.463 e. The molecule has 1 saturated heterocycles. The number of carbonyl (C=O) groups excluding carboxylic acids is 1. The Morgan fingerprint density at radius 2 is 2.14 bits per heavy atom. The van der Waals surface area contributed by atoms with Gasteiger partial charge in [-0.15, -0.1) is 0 Å². The SMILES string of the molecule is CCOC(=O)C=C(C)N1CCOCC1. The van der Waals surface area contributed by atoms with Crippen LogP contribution in [0, 0.1) is 0 Å². The predicted octanol–water partition coefficient (Wildman–Crippen LogP) is 0.786. The minimum Gasteiger partial charge on any atom is -0.463 e. The molecule has 0 spiro atoms. The van der Waals surface area contributed by atoms with Crippen molar-refractivity contribution in [2.45, 2.75) is 13.8 Å². The van der Waals surface area contributed by atoms with Gasteiger partial charge in [0.15, 0.2) is 0 Å². The number of carbonyl (C=O) groups is 1. The third-order valence-corrected chi connectivity index (χ3v) is 2.12. The lowest BCUT2D eigenvalue weighted by molar-refractivity contribution is -0.137. The highest BCUT2D eigenvalue weighted by Crippen LogP contribution is 2.06. The van der Waals surface area contributed by atoms with E-state index in [4.69, 9.17) is 9.47 Å². The Morgan fingerprint density at radius 3 is 2.71 bits per heavy atom. The predicted molar refractivity (Wildman–Crippen MR) is 52.8 cm³/mol. The van der Waals surface area contributed by atoms with Gasteiger partial charge in [-0.05, 0) is 13.8 Å². The minimum atomic E-state index is -0.267. The number of rotatable bonds is 3. The minimum absolute atomic E-state index is 0.267. The summed E-state index contributed by atoms with van der Waals surface area (Å²) in [7, 11) is 0. The zero-order chi connectivity index (χ0) is 10.4. The van der Waals surface area contributed by atoms with E-state index >= 15 is 0 Å². The molecule has 0 aromatic carbocycles. The second-order valence-corrected chi connectivity index (χ2v) is 3.14. The summed E-state index contributed by atoms with van der Waals surface area (Å²) in [5, 5.41) is 0. The average Bonchev–Trinajstić information content (AvgIpc) is 2.19. The molecular weight excluding hydrogens is 182 g/mol. The summed E-state index contributed by atoms with van der Waals surface area (Å²) in [4.78, 5) is 13.3. The van der Waals surface area contributed by atoms with Crippen LogP contribution >= 0.6 is 0 Å².